The van der Waals surface area contributed by atoms with Crippen molar-refractivity contribution in [2.24, 2.45) is 5.73 Å². The van der Waals surface area contributed by atoms with Crippen LogP contribution in [0.1, 0.15) is 16.2 Å². The van der Waals surface area contributed by atoms with Gasteiger partial charge >= 0.3 is 0 Å². The molecule has 1 aromatic rings. The Hall–Kier alpha value is -0.670. The van der Waals surface area contributed by atoms with E-state index in [2.05, 4.69) is 28.1 Å². The number of aromatic nitrogens is 2. The van der Waals surface area contributed by atoms with Gasteiger partial charge in [0.1, 0.15) is 0 Å². The molecule has 0 atom stereocenters. The van der Waals surface area contributed by atoms with Crippen molar-refractivity contribution in [2.75, 3.05) is 6.54 Å². The number of thiol groups is 1. The van der Waals surface area contributed by atoms with Gasteiger partial charge < -0.3 is 11.1 Å². The van der Waals surface area contributed by atoms with Crippen LogP contribution in [0.3, 0.4) is 0 Å². The third-order valence-corrected chi connectivity index (χ3v) is 2.38. The maximum atomic E-state index is 11.3. The summed E-state index contributed by atoms with van der Waals surface area (Å²) in [6.45, 7) is 0.329. The third-order valence-electron chi connectivity index (χ3n) is 1.29. The highest BCUT2D eigenvalue weighted by Crippen LogP contribution is 2.12. The number of nitrogens with zero attached hydrogens (tertiary/aromatic N) is 2. The van der Waals surface area contributed by atoms with Crippen molar-refractivity contribution in [3.63, 3.8) is 0 Å². The van der Waals surface area contributed by atoms with Gasteiger partial charge in [-0.15, -0.1) is 39.8 Å². The molecule has 15 heavy (non-hydrogen) atoms. The lowest BCUT2D eigenvalue weighted by atomic mass is 10.4. The number of hydrogen-bond donors (Lipinski definition) is 4. The molecule has 0 saturated heterocycles. The standard InChI is InChI=1S/C6H9N5OS2.BrH/c7-3(8)1-2-9-4(12)5-10-11-6(13)14-5;/h1-2H2,(H3,7,8)(H,9,12)(H,11,13);1H. The predicted molar refractivity (Wildman–Crippen MR) is 66.3 cm³/mol. The van der Waals surface area contributed by atoms with E-state index in [0.29, 0.717) is 17.3 Å². The summed E-state index contributed by atoms with van der Waals surface area (Å²) in [6, 6.07) is 0. The first-order chi connectivity index (χ1) is 6.59. The first kappa shape index (κ1) is 14.3. The topological polar surface area (TPSA) is 105 Å². The molecule has 84 valence electrons. The van der Waals surface area contributed by atoms with Crippen molar-refractivity contribution in [1.82, 2.24) is 15.5 Å². The molecule has 4 N–H and O–H groups in total. The monoisotopic (exact) mass is 311 g/mol. The zero-order chi connectivity index (χ0) is 10.6. The average molecular weight is 312 g/mol. The van der Waals surface area contributed by atoms with Gasteiger partial charge in [0.05, 0.1) is 5.84 Å². The van der Waals surface area contributed by atoms with Crippen LogP contribution in [0.15, 0.2) is 4.34 Å². The molecule has 6 nitrogen and oxygen atoms in total. The van der Waals surface area contributed by atoms with E-state index in [9.17, 15) is 4.79 Å². The van der Waals surface area contributed by atoms with Crippen LogP contribution in [0.2, 0.25) is 0 Å². The molecule has 0 fully saturated rings. The quantitative estimate of drug-likeness (QED) is 0.368. The molecule has 9 heteroatoms. The third kappa shape index (κ3) is 5.09. The first-order valence-corrected chi connectivity index (χ1v) is 4.99. The summed E-state index contributed by atoms with van der Waals surface area (Å²) in [5.74, 6) is -0.276. The van der Waals surface area contributed by atoms with E-state index in [0.717, 1.165) is 11.3 Å². The fraction of sp³-hybridized carbons (Fsp3) is 0.333. The highest BCUT2D eigenvalue weighted by Gasteiger charge is 2.10. The van der Waals surface area contributed by atoms with Gasteiger partial charge in [0.2, 0.25) is 5.01 Å². The number of halogens is 1. The number of nitrogens with one attached hydrogen (secondary N) is 2. The zero-order valence-electron chi connectivity index (χ0n) is 7.56. The molecule has 0 saturated carbocycles. The largest absolute Gasteiger partial charge is 0.388 e. The minimum Gasteiger partial charge on any atom is -0.388 e. The van der Waals surface area contributed by atoms with Gasteiger partial charge in [-0.05, 0) is 0 Å². The van der Waals surface area contributed by atoms with Gasteiger partial charge in [0.15, 0.2) is 4.34 Å². The van der Waals surface area contributed by atoms with E-state index in [4.69, 9.17) is 11.1 Å². The van der Waals surface area contributed by atoms with Crippen molar-refractivity contribution >= 4 is 52.7 Å². The smallest absolute Gasteiger partial charge is 0.282 e. The Bertz CT molecular complexity index is 355. The molecule has 1 heterocycles. The van der Waals surface area contributed by atoms with Crippen LogP contribution in [-0.2, 0) is 0 Å². The number of carbonyl (C=O) groups excluding carboxylic acids is 1. The Labute approximate surface area is 106 Å². The van der Waals surface area contributed by atoms with Crippen LogP contribution in [-0.4, -0.2) is 28.5 Å². The molecule has 0 radical (unpaired) electrons. The number of rotatable bonds is 4. The Morgan fingerprint density at radius 2 is 2.27 bits per heavy atom. The van der Waals surface area contributed by atoms with E-state index in [1.165, 1.54) is 0 Å². The lowest BCUT2D eigenvalue weighted by Gasteiger charge is -2.00. The predicted octanol–water partition coefficient (Wildman–Crippen LogP) is 0.461. The molecule has 0 aliphatic rings. The Morgan fingerprint density at radius 3 is 2.73 bits per heavy atom. The summed E-state index contributed by atoms with van der Waals surface area (Å²) < 4.78 is 0.446. The first-order valence-electron chi connectivity index (χ1n) is 3.73. The Morgan fingerprint density at radius 1 is 1.60 bits per heavy atom. The van der Waals surface area contributed by atoms with Gasteiger partial charge in [0, 0.05) is 13.0 Å². The molecule has 1 amide bonds. The zero-order valence-corrected chi connectivity index (χ0v) is 11.0. The van der Waals surface area contributed by atoms with E-state index < -0.39 is 0 Å². The molecule has 0 aliphatic heterocycles. The van der Waals surface area contributed by atoms with Crippen molar-refractivity contribution in [1.29, 1.82) is 5.41 Å². The van der Waals surface area contributed by atoms with Gasteiger partial charge in [-0.3, -0.25) is 10.2 Å². The molecule has 0 aliphatic carbocycles. The molecule has 0 spiro atoms. The van der Waals surface area contributed by atoms with Crippen LogP contribution in [0.4, 0.5) is 0 Å². The normalized spacial score (nSPS) is 9.13. The second-order valence-corrected chi connectivity index (χ2v) is 4.12. The summed E-state index contributed by atoms with van der Waals surface area (Å²) in [5.41, 5.74) is 5.12. The van der Waals surface area contributed by atoms with E-state index in [-0.39, 0.29) is 33.7 Å². The molecule has 0 bridgehead atoms. The minimum atomic E-state index is -0.316. The SMILES string of the molecule is Br.N=C(N)CCNC(=O)c1nnc(S)s1. The van der Waals surface area contributed by atoms with E-state index >= 15 is 0 Å². The summed E-state index contributed by atoms with van der Waals surface area (Å²) in [5, 5.41) is 17.0. The van der Waals surface area contributed by atoms with Crippen LogP contribution in [0, 0.1) is 5.41 Å². The van der Waals surface area contributed by atoms with Crippen molar-refractivity contribution in [2.45, 2.75) is 10.8 Å². The summed E-state index contributed by atoms with van der Waals surface area (Å²) in [6.07, 6.45) is 0.332. The van der Waals surface area contributed by atoms with Gasteiger partial charge in [-0.25, -0.2) is 0 Å². The van der Waals surface area contributed by atoms with Gasteiger partial charge in [-0.1, -0.05) is 11.3 Å². The van der Waals surface area contributed by atoms with Crippen LogP contribution in [0.5, 0.6) is 0 Å². The molecular formula is C6H10BrN5OS2. The highest BCUT2D eigenvalue weighted by molar-refractivity contribution is 8.93. The fourth-order valence-electron chi connectivity index (χ4n) is 0.694. The molecule has 0 unspecified atom stereocenters. The number of carbonyl (C=O) groups is 1. The van der Waals surface area contributed by atoms with Gasteiger partial charge in [0.25, 0.3) is 5.91 Å². The van der Waals surface area contributed by atoms with E-state index in [1.54, 1.807) is 0 Å². The second-order valence-electron chi connectivity index (χ2n) is 2.42. The van der Waals surface area contributed by atoms with Crippen LogP contribution >= 0.6 is 40.9 Å². The second kappa shape index (κ2) is 6.75. The maximum absolute atomic E-state index is 11.3. The maximum Gasteiger partial charge on any atom is 0.282 e. The lowest BCUT2D eigenvalue weighted by molar-refractivity contribution is 0.0953. The van der Waals surface area contributed by atoms with Crippen LogP contribution in [0.25, 0.3) is 0 Å². The number of nitrogens with two attached hydrogens (primary N) is 1. The molecular weight excluding hydrogens is 302 g/mol. The van der Waals surface area contributed by atoms with Crippen LogP contribution < -0.4 is 11.1 Å². The summed E-state index contributed by atoms with van der Waals surface area (Å²) >= 11 is 5.03. The summed E-state index contributed by atoms with van der Waals surface area (Å²) in [4.78, 5) is 11.3. The fourth-order valence-corrected chi connectivity index (χ4v) is 1.50. The van der Waals surface area contributed by atoms with Crippen molar-refractivity contribution in [3.8, 4) is 0 Å². The Balaban J connectivity index is 0.00000196. The minimum absolute atomic E-state index is 0. The number of amidine groups is 1. The average Bonchev–Trinajstić information content (AvgIpc) is 2.51. The van der Waals surface area contributed by atoms with Crippen molar-refractivity contribution < 1.29 is 4.79 Å². The van der Waals surface area contributed by atoms with E-state index in [1.807, 2.05) is 0 Å². The number of hydrogen-bond acceptors (Lipinski definition) is 6. The molecule has 0 aromatic carbocycles. The molecule has 1 aromatic heterocycles. The summed E-state index contributed by atoms with van der Waals surface area (Å²) in [7, 11) is 0. The Kier molecular flexibility index (Phi) is 6.45. The number of amides is 1. The molecule has 1 rings (SSSR count). The van der Waals surface area contributed by atoms with Gasteiger partial charge in [-0.2, -0.15) is 0 Å². The highest BCUT2D eigenvalue weighted by atomic mass is 79.9. The lowest BCUT2D eigenvalue weighted by Crippen LogP contribution is -2.27. The van der Waals surface area contributed by atoms with Crippen molar-refractivity contribution in [3.05, 3.63) is 5.01 Å².